The van der Waals surface area contributed by atoms with E-state index >= 15 is 0 Å². The van der Waals surface area contributed by atoms with E-state index in [1.165, 1.54) is 12.0 Å². The molecule has 1 N–H and O–H groups in total. The Kier molecular flexibility index (Phi) is 8.86. The highest BCUT2D eigenvalue weighted by Gasteiger charge is 2.48. The average molecular weight is 609 g/mol. The van der Waals surface area contributed by atoms with Gasteiger partial charge in [-0.15, -0.1) is 0 Å². The van der Waals surface area contributed by atoms with Gasteiger partial charge in [0.1, 0.15) is 23.9 Å². The molecule has 43 heavy (non-hydrogen) atoms. The number of aromatic nitrogens is 1. The molecule has 0 spiro atoms. The lowest BCUT2D eigenvalue weighted by Gasteiger charge is -2.24. The van der Waals surface area contributed by atoms with Gasteiger partial charge in [0.2, 0.25) is 0 Å². The Labute approximate surface area is 252 Å². The number of anilines is 1. The number of rotatable bonds is 10. The van der Waals surface area contributed by atoms with Crippen LogP contribution in [0.1, 0.15) is 59.2 Å². The number of hydrogen-bond acceptors (Lipinski definition) is 11. The number of unbranched alkanes of at least 4 members (excludes halogenated alkanes) is 1. The third-order valence-electron chi connectivity index (χ3n) is 6.96. The van der Waals surface area contributed by atoms with Crippen molar-refractivity contribution < 1.29 is 43.2 Å². The summed E-state index contributed by atoms with van der Waals surface area (Å²) in [5.74, 6) is -0.975. The number of esters is 1. The summed E-state index contributed by atoms with van der Waals surface area (Å²) in [6.45, 7) is 7.08. The number of aliphatic hydroxyl groups excluding tert-OH is 1. The summed E-state index contributed by atoms with van der Waals surface area (Å²) in [7, 11) is 1.25. The summed E-state index contributed by atoms with van der Waals surface area (Å²) in [5, 5.41) is 11.7. The average Bonchev–Trinajstić information content (AvgIpc) is 3.53. The summed E-state index contributed by atoms with van der Waals surface area (Å²) < 4.78 is 27.9. The molecule has 3 heterocycles. The van der Waals surface area contributed by atoms with Crippen LogP contribution in [0.25, 0.3) is 5.76 Å². The number of ketones is 1. The van der Waals surface area contributed by atoms with E-state index < -0.39 is 29.5 Å². The number of thiazole rings is 1. The third kappa shape index (κ3) is 5.74. The van der Waals surface area contributed by atoms with Gasteiger partial charge in [0.15, 0.2) is 28.1 Å². The molecule has 3 aromatic rings. The largest absolute Gasteiger partial charge is 0.507 e. The van der Waals surface area contributed by atoms with Crippen molar-refractivity contribution >= 4 is 39.9 Å². The monoisotopic (exact) mass is 608 g/mol. The molecule has 2 aromatic carbocycles. The van der Waals surface area contributed by atoms with E-state index in [-0.39, 0.29) is 21.1 Å². The van der Waals surface area contributed by atoms with E-state index in [1.54, 1.807) is 43.3 Å². The summed E-state index contributed by atoms with van der Waals surface area (Å²) in [5.41, 5.74) is 0.921. The van der Waals surface area contributed by atoms with E-state index in [0.717, 1.165) is 24.2 Å². The molecule has 5 rings (SSSR count). The molecule has 1 fully saturated rings. The van der Waals surface area contributed by atoms with E-state index in [4.69, 9.17) is 23.7 Å². The number of carbonyl (C=O) groups excluding carboxylic acids is 3. The molecule has 0 radical (unpaired) electrons. The first-order valence-corrected chi connectivity index (χ1v) is 14.8. The smallest absolute Gasteiger partial charge is 0.350 e. The van der Waals surface area contributed by atoms with Gasteiger partial charge < -0.3 is 28.8 Å². The van der Waals surface area contributed by atoms with Crippen molar-refractivity contribution in [3.63, 3.8) is 0 Å². The minimum atomic E-state index is -1.10. The van der Waals surface area contributed by atoms with Crippen LogP contribution in [0.15, 0.2) is 42.0 Å². The maximum Gasteiger partial charge on any atom is 0.350 e. The van der Waals surface area contributed by atoms with Gasteiger partial charge >= 0.3 is 11.9 Å². The molecule has 0 saturated carbocycles. The molecule has 1 amide bonds. The fraction of sp³-hybridized carbons (Fsp3) is 0.355. The molecular formula is C31H32N2O9S. The van der Waals surface area contributed by atoms with Crippen molar-refractivity contribution in [3.8, 4) is 23.0 Å². The molecule has 2 aliphatic rings. The highest BCUT2D eigenvalue weighted by Crippen LogP contribution is 2.46. The Morgan fingerprint density at radius 3 is 2.56 bits per heavy atom. The van der Waals surface area contributed by atoms with Crippen LogP contribution in [0, 0.1) is 6.92 Å². The van der Waals surface area contributed by atoms with Crippen molar-refractivity contribution in [1.82, 2.24) is 4.98 Å². The van der Waals surface area contributed by atoms with Gasteiger partial charge in [0.05, 0.1) is 37.6 Å². The molecular weight excluding hydrogens is 576 g/mol. The first-order valence-electron chi connectivity index (χ1n) is 13.9. The van der Waals surface area contributed by atoms with Crippen molar-refractivity contribution in [1.29, 1.82) is 0 Å². The quantitative estimate of drug-likeness (QED) is 0.107. The van der Waals surface area contributed by atoms with Gasteiger partial charge in [0, 0.05) is 5.56 Å². The van der Waals surface area contributed by atoms with Crippen LogP contribution < -0.4 is 23.8 Å². The van der Waals surface area contributed by atoms with Crippen molar-refractivity contribution in [3.05, 3.63) is 63.7 Å². The van der Waals surface area contributed by atoms with Gasteiger partial charge in [0.25, 0.3) is 5.78 Å². The fourth-order valence-electron chi connectivity index (χ4n) is 4.87. The Balaban J connectivity index is 1.68. The van der Waals surface area contributed by atoms with Gasteiger partial charge in [-0.2, -0.15) is 0 Å². The molecule has 0 aliphatic carbocycles. The van der Waals surface area contributed by atoms with Crippen molar-refractivity contribution in [2.75, 3.05) is 38.4 Å². The molecule has 0 unspecified atom stereocenters. The van der Waals surface area contributed by atoms with Crippen LogP contribution in [0.2, 0.25) is 0 Å². The fourth-order valence-corrected chi connectivity index (χ4v) is 5.88. The molecule has 1 aromatic heterocycles. The maximum absolute atomic E-state index is 13.7. The van der Waals surface area contributed by atoms with E-state index in [9.17, 15) is 19.5 Å². The number of Topliss-reactive ketones (excluding diaryl/α,β-unsaturated/α-hetero) is 1. The third-order valence-corrected chi connectivity index (χ3v) is 8.10. The standard InChI is InChI=1S/C31H32N2O9S/c1-5-7-12-40-20-10-8-18(15-22(20)39-6-2)25-24(26(34)19-9-11-21-23(16-19)42-14-13-41-21)27(35)29(36)33(25)31-32-17(3)28(43-31)30(37)38-4/h8-11,15-16,25,34H,5-7,12-14H2,1-4H3/b26-24+/t25-/m0/s1. The summed E-state index contributed by atoms with van der Waals surface area (Å²) in [6, 6.07) is 8.80. The topological polar surface area (TPSA) is 134 Å². The highest BCUT2D eigenvalue weighted by molar-refractivity contribution is 7.17. The minimum Gasteiger partial charge on any atom is -0.507 e. The van der Waals surface area contributed by atoms with E-state index in [2.05, 4.69) is 11.9 Å². The summed E-state index contributed by atoms with van der Waals surface area (Å²) in [4.78, 5) is 45.5. The highest BCUT2D eigenvalue weighted by atomic mass is 32.1. The van der Waals surface area contributed by atoms with Gasteiger partial charge in [-0.1, -0.05) is 30.7 Å². The number of methoxy groups -OCH3 is 1. The first-order chi connectivity index (χ1) is 20.8. The Morgan fingerprint density at radius 2 is 1.84 bits per heavy atom. The van der Waals surface area contributed by atoms with Crippen LogP contribution in [0.4, 0.5) is 5.13 Å². The number of aliphatic hydroxyl groups is 1. The Morgan fingerprint density at radius 1 is 1.07 bits per heavy atom. The molecule has 1 atom stereocenters. The Bertz CT molecular complexity index is 1600. The number of hydrogen-bond donors (Lipinski definition) is 1. The van der Waals surface area contributed by atoms with E-state index in [1.807, 2.05) is 6.92 Å². The second kappa shape index (κ2) is 12.7. The van der Waals surface area contributed by atoms with Gasteiger partial charge in [-0.05, 0) is 56.2 Å². The van der Waals surface area contributed by atoms with Gasteiger partial charge in [-0.3, -0.25) is 14.5 Å². The van der Waals surface area contributed by atoms with Crippen LogP contribution in [-0.2, 0) is 14.3 Å². The lowest BCUT2D eigenvalue weighted by atomic mass is 9.95. The predicted octanol–water partition coefficient (Wildman–Crippen LogP) is 5.21. The van der Waals surface area contributed by atoms with Crippen LogP contribution in [0.5, 0.6) is 23.0 Å². The zero-order chi connectivity index (χ0) is 30.7. The molecule has 2 aliphatic heterocycles. The summed E-state index contributed by atoms with van der Waals surface area (Å²) >= 11 is 0.924. The predicted molar refractivity (Wildman–Crippen MR) is 158 cm³/mol. The van der Waals surface area contributed by atoms with Gasteiger partial charge in [-0.25, -0.2) is 9.78 Å². The molecule has 1 saturated heterocycles. The number of ether oxygens (including phenoxy) is 5. The van der Waals surface area contributed by atoms with Crippen LogP contribution >= 0.6 is 11.3 Å². The Hall–Kier alpha value is -4.58. The number of fused-ring (bicyclic) bond motifs is 1. The number of benzene rings is 2. The maximum atomic E-state index is 13.7. The van der Waals surface area contributed by atoms with Crippen molar-refractivity contribution in [2.24, 2.45) is 0 Å². The number of aryl methyl sites for hydroxylation is 1. The number of carbonyl (C=O) groups is 3. The number of nitrogens with zero attached hydrogens (tertiary/aromatic N) is 2. The molecule has 11 nitrogen and oxygen atoms in total. The molecule has 0 bridgehead atoms. The van der Waals surface area contributed by atoms with E-state index in [0.29, 0.717) is 60.7 Å². The lowest BCUT2D eigenvalue weighted by molar-refractivity contribution is -0.132. The van der Waals surface area contributed by atoms with Crippen molar-refractivity contribution in [2.45, 2.75) is 39.7 Å². The van der Waals surface area contributed by atoms with Crippen LogP contribution in [0.3, 0.4) is 0 Å². The zero-order valence-corrected chi connectivity index (χ0v) is 25.1. The summed E-state index contributed by atoms with van der Waals surface area (Å²) in [6.07, 6.45) is 1.81. The second-order valence-corrected chi connectivity index (χ2v) is 10.7. The normalized spacial score (nSPS) is 17.2. The minimum absolute atomic E-state index is 0.104. The second-order valence-electron chi connectivity index (χ2n) is 9.77. The molecule has 226 valence electrons. The SMILES string of the molecule is CCCCOc1ccc([C@H]2/C(=C(\O)c3ccc4c(c3)OCCO4)C(=O)C(=O)N2c2nc(C)c(C(=O)OC)s2)cc1OCC. The van der Waals surface area contributed by atoms with Crippen LogP contribution in [-0.4, -0.2) is 61.3 Å². The molecule has 12 heteroatoms. The first kappa shape index (κ1) is 29.9. The number of amides is 1. The lowest BCUT2D eigenvalue weighted by Crippen LogP contribution is -2.29. The zero-order valence-electron chi connectivity index (χ0n) is 24.3.